The Morgan fingerprint density at radius 1 is 1.29 bits per heavy atom. The van der Waals surface area contributed by atoms with Crippen LogP contribution in [0, 0.1) is 0 Å². The van der Waals surface area contributed by atoms with E-state index in [1.807, 2.05) is 0 Å². The van der Waals surface area contributed by atoms with Gasteiger partial charge in [-0.25, -0.2) is 0 Å². The first-order chi connectivity index (χ1) is 8.15. The molecule has 0 atom stereocenters. The van der Waals surface area contributed by atoms with Crippen LogP contribution in [0.15, 0.2) is 9.85 Å². The molecule has 4 heteroatoms. The van der Waals surface area contributed by atoms with Crippen molar-refractivity contribution in [3.05, 3.63) is 19.8 Å². The fourth-order valence-corrected chi connectivity index (χ4v) is 3.34. The Morgan fingerprint density at radius 2 is 1.94 bits per heavy atom. The molecule has 0 N–H and O–H groups in total. The second-order valence-corrected chi connectivity index (χ2v) is 6.95. The average Bonchev–Trinajstić information content (AvgIpc) is 2.64. The number of halogens is 2. The van der Waals surface area contributed by atoms with Gasteiger partial charge in [0.1, 0.15) is 0 Å². The van der Waals surface area contributed by atoms with Gasteiger partial charge in [-0.3, -0.25) is 4.79 Å². The first-order valence-electron chi connectivity index (χ1n) is 6.13. The Balaban J connectivity index is 2.21. The minimum absolute atomic E-state index is 0.220. The lowest BCUT2D eigenvalue weighted by molar-refractivity contribution is 0.0983. The van der Waals surface area contributed by atoms with Gasteiger partial charge in [0.25, 0.3) is 0 Å². The molecule has 96 valence electrons. The van der Waals surface area contributed by atoms with E-state index in [0.717, 1.165) is 21.5 Å². The van der Waals surface area contributed by atoms with Crippen molar-refractivity contribution < 1.29 is 4.79 Å². The summed E-state index contributed by atoms with van der Waals surface area (Å²) < 4.78 is 0.852. The number of hydrogen-bond donors (Lipinski definition) is 0. The summed E-state index contributed by atoms with van der Waals surface area (Å²) in [6, 6.07) is 1.76. The van der Waals surface area contributed by atoms with Gasteiger partial charge in [0.15, 0.2) is 5.78 Å². The summed E-state index contributed by atoms with van der Waals surface area (Å²) >= 11 is 10.7. The molecule has 0 aromatic carbocycles. The number of unbranched alkanes of at least 4 members (excludes halogenated alkanes) is 5. The predicted molar refractivity (Wildman–Crippen MR) is 79.4 cm³/mol. The first kappa shape index (κ1) is 15.2. The minimum atomic E-state index is 0.220. The molecule has 1 aromatic rings. The number of rotatable bonds is 8. The zero-order chi connectivity index (χ0) is 12.7. The molecule has 0 aliphatic carbocycles. The monoisotopic (exact) mass is 336 g/mol. The molecule has 1 nitrogen and oxygen atoms in total. The summed E-state index contributed by atoms with van der Waals surface area (Å²) in [6.45, 7) is 2.21. The van der Waals surface area contributed by atoms with Crippen LogP contribution in [0.2, 0.25) is 5.02 Å². The lowest BCUT2D eigenvalue weighted by Crippen LogP contribution is -1.95. The summed E-state index contributed by atoms with van der Waals surface area (Å²) in [4.78, 5) is 12.6. The van der Waals surface area contributed by atoms with Crippen molar-refractivity contribution in [1.82, 2.24) is 0 Å². The summed E-state index contributed by atoms with van der Waals surface area (Å²) in [5, 5.41) is 0.640. The summed E-state index contributed by atoms with van der Waals surface area (Å²) in [5.41, 5.74) is 0. The number of hydrogen-bond acceptors (Lipinski definition) is 2. The topological polar surface area (TPSA) is 17.1 Å². The van der Waals surface area contributed by atoms with E-state index in [0.29, 0.717) is 11.4 Å². The van der Waals surface area contributed by atoms with Crippen molar-refractivity contribution in [2.24, 2.45) is 0 Å². The van der Waals surface area contributed by atoms with Gasteiger partial charge in [-0.1, -0.05) is 50.6 Å². The fourth-order valence-electron chi connectivity index (χ4n) is 1.67. The second kappa shape index (κ2) is 8.28. The fraction of sp³-hybridized carbons (Fsp3) is 0.615. The van der Waals surface area contributed by atoms with E-state index >= 15 is 0 Å². The molecule has 0 radical (unpaired) electrons. The van der Waals surface area contributed by atoms with Crippen LogP contribution in [-0.4, -0.2) is 5.78 Å². The van der Waals surface area contributed by atoms with Gasteiger partial charge in [0, 0.05) is 6.42 Å². The molecule has 0 aliphatic rings. The Bertz CT molecular complexity index is 343. The SMILES string of the molecule is CCCCCCCCC(=O)c1cc(Cl)c(Br)s1. The van der Waals surface area contributed by atoms with E-state index in [2.05, 4.69) is 22.9 Å². The van der Waals surface area contributed by atoms with Crippen LogP contribution in [-0.2, 0) is 0 Å². The molecule has 0 aliphatic heterocycles. The molecule has 0 amide bonds. The molecule has 0 fully saturated rings. The summed E-state index contributed by atoms with van der Waals surface area (Å²) in [6.07, 6.45) is 7.91. The van der Waals surface area contributed by atoms with Crippen LogP contribution >= 0.6 is 38.9 Å². The van der Waals surface area contributed by atoms with Gasteiger partial charge in [-0.15, -0.1) is 11.3 Å². The Labute approximate surface area is 121 Å². The van der Waals surface area contributed by atoms with Gasteiger partial charge >= 0.3 is 0 Å². The van der Waals surface area contributed by atoms with Crippen LogP contribution < -0.4 is 0 Å². The standard InChI is InChI=1S/C13H18BrClOS/c1-2-3-4-5-6-7-8-11(16)12-9-10(15)13(14)17-12/h9H,2-8H2,1H3. The normalized spacial score (nSPS) is 10.8. The molecular formula is C13H18BrClOS. The van der Waals surface area contributed by atoms with Crippen molar-refractivity contribution in [2.75, 3.05) is 0 Å². The van der Waals surface area contributed by atoms with Crippen LogP contribution in [0.1, 0.15) is 61.5 Å². The number of carbonyl (C=O) groups is 1. The van der Waals surface area contributed by atoms with E-state index in [-0.39, 0.29) is 5.78 Å². The first-order valence-corrected chi connectivity index (χ1v) is 8.12. The molecule has 0 spiro atoms. The highest BCUT2D eigenvalue weighted by Gasteiger charge is 2.11. The number of carbonyl (C=O) groups excluding carboxylic acids is 1. The highest BCUT2D eigenvalue weighted by Crippen LogP contribution is 2.32. The molecular weight excluding hydrogens is 320 g/mol. The average molecular weight is 338 g/mol. The number of Topliss-reactive ketones (excluding diaryl/α,β-unsaturated/α-hetero) is 1. The van der Waals surface area contributed by atoms with E-state index < -0.39 is 0 Å². The lowest BCUT2D eigenvalue weighted by atomic mass is 10.1. The van der Waals surface area contributed by atoms with Gasteiger partial charge in [-0.2, -0.15) is 0 Å². The van der Waals surface area contributed by atoms with Crippen LogP contribution in [0.3, 0.4) is 0 Å². The summed E-state index contributed by atoms with van der Waals surface area (Å²) in [5.74, 6) is 0.220. The van der Waals surface area contributed by atoms with Crippen molar-refractivity contribution in [2.45, 2.75) is 51.9 Å². The third-order valence-corrected chi connectivity index (χ3v) is 5.19. The largest absolute Gasteiger partial charge is 0.293 e. The molecule has 0 saturated heterocycles. The van der Waals surface area contributed by atoms with E-state index in [1.165, 1.54) is 37.0 Å². The molecule has 17 heavy (non-hydrogen) atoms. The van der Waals surface area contributed by atoms with Crippen LogP contribution in [0.4, 0.5) is 0 Å². The second-order valence-electron chi connectivity index (χ2n) is 4.17. The molecule has 1 heterocycles. The third kappa shape index (κ3) is 5.54. The number of ketones is 1. The number of thiophene rings is 1. The molecule has 0 unspecified atom stereocenters. The zero-order valence-electron chi connectivity index (χ0n) is 10.1. The van der Waals surface area contributed by atoms with Gasteiger partial charge in [0.05, 0.1) is 13.7 Å². The minimum Gasteiger partial charge on any atom is -0.293 e. The van der Waals surface area contributed by atoms with Gasteiger partial charge in [0.2, 0.25) is 0 Å². The van der Waals surface area contributed by atoms with E-state index in [1.54, 1.807) is 6.07 Å². The van der Waals surface area contributed by atoms with E-state index in [4.69, 9.17) is 11.6 Å². The third-order valence-electron chi connectivity index (χ3n) is 2.68. The van der Waals surface area contributed by atoms with Crippen molar-refractivity contribution in [3.63, 3.8) is 0 Å². The summed E-state index contributed by atoms with van der Waals surface area (Å²) in [7, 11) is 0. The Morgan fingerprint density at radius 3 is 2.53 bits per heavy atom. The van der Waals surface area contributed by atoms with Gasteiger partial charge < -0.3 is 0 Å². The quantitative estimate of drug-likeness (QED) is 0.414. The highest BCUT2D eigenvalue weighted by atomic mass is 79.9. The maximum atomic E-state index is 11.8. The van der Waals surface area contributed by atoms with Gasteiger partial charge in [-0.05, 0) is 28.4 Å². The smallest absolute Gasteiger partial charge is 0.172 e. The van der Waals surface area contributed by atoms with Crippen molar-refractivity contribution in [3.8, 4) is 0 Å². The Kier molecular flexibility index (Phi) is 7.40. The molecule has 1 aromatic heterocycles. The molecule has 0 bridgehead atoms. The van der Waals surface area contributed by atoms with Crippen LogP contribution in [0.25, 0.3) is 0 Å². The maximum absolute atomic E-state index is 11.8. The van der Waals surface area contributed by atoms with E-state index in [9.17, 15) is 4.79 Å². The van der Waals surface area contributed by atoms with Crippen molar-refractivity contribution in [1.29, 1.82) is 0 Å². The molecule has 0 saturated carbocycles. The van der Waals surface area contributed by atoms with Crippen LogP contribution in [0.5, 0.6) is 0 Å². The zero-order valence-corrected chi connectivity index (χ0v) is 13.3. The van der Waals surface area contributed by atoms with Crippen molar-refractivity contribution >= 4 is 44.7 Å². The Hall–Kier alpha value is 0.140. The lowest BCUT2D eigenvalue weighted by Gasteiger charge is -1.99. The predicted octanol–water partition coefficient (Wildman–Crippen LogP) is 6.10. The maximum Gasteiger partial charge on any atom is 0.172 e. The highest BCUT2D eigenvalue weighted by molar-refractivity contribution is 9.11. The molecule has 1 rings (SSSR count).